The summed E-state index contributed by atoms with van der Waals surface area (Å²) in [5, 5.41) is 0. The Kier molecular flexibility index (Phi) is 7.91. The van der Waals surface area contributed by atoms with Gasteiger partial charge in [0.1, 0.15) is 5.41 Å². The van der Waals surface area contributed by atoms with Gasteiger partial charge in [-0.2, -0.15) is 0 Å². The molecule has 2 N–H and O–H groups in total. The quantitative estimate of drug-likeness (QED) is 0.673. The van der Waals surface area contributed by atoms with Crippen LogP contribution in [0.2, 0.25) is 0 Å². The van der Waals surface area contributed by atoms with Gasteiger partial charge in [-0.25, -0.2) is 0 Å². The number of aromatic nitrogens is 1. The minimum atomic E-state index is -1.03. The second kappa shape index (κ2) is 10.2. The Balaban J connectivity index is 2.56. The maximum Gasteiger partial charge on any atom is 0.255 e. The summed E-state index contributed by atoms with van der Waals surface area (Å²) in [5.74, 6) is -0.627. The van der Waals surface area contributed by atoms with Crippen molar-refractivity contribution in [1.29, 1.82) is 0 Å². The summed E-state index contributed by atoms with van der Waals surface area (Å²) < 4.78 is 0. The molecule has 0 spiro atoms. The third kappa shape index (κ3) is 5.41. The van der Waals surface area contributed by atoms with Crippen LogP contribution in [0.3, 0.4) is 0 Å². The smallest absolute Gasteiger partial charge is 0.255 e. The normalized spacial score (nSPS) is 13.4. The van der Waals surface area contributed by atoms with Crippen LogP contribution in [0.25, 0.3) is 0 Å². The van der Waals surface area contributed by atoms with Crippen molar-refractivity contribution in [2.75, 3.05) is 6.54 Å². The van der Waals surface area contributed by atoms with Crippen LogP contribution in [0.1, 0.15) is 52.3 Å². The Morgan fingerprint density at radius 2 is 1.59 bits per heavy atom. The fourth-order valence-electron chi connectivity index (χ4n) is 3.78. The van der Waals surface area contributed by atoms with Gasteiger partial charge < -0.3 is 0 Å². The Bertz CT molecular complexity index is 744. The summed E-state index contributed by atoms with van der Waals surface area (Å²) in [6.07, 6.45) is 2.22. The maximum absolute atomic E-state index is 13.5. The van der Waals surface area contributed by atoms with E-state index in [1.54, 1.807) is 6.20 Å². The Morgan fingerprint density at radius 3 is 2.10 bits per heavy atom. The molecule has 0 radical (unpaired) electrons. The lowest BCUT2D eigenvalue weighted by Gasteiger charge is -2.37. The number of rotatable bonds is 8. The van der Waals surface area contributed by atoms with E-state index < -0.39 is 5.41 Å². The lowest BCUT2D eigenvalue weighted by Crippen LogP contribution is -2.53. The number of hydrogen-bond acceptors (Lipinski definition) is 4. The monoisotopic (exact) mass is 396 g/mol. The molecule has 1 atom stereocenters. The van der Waals surface area contributed by atoms with Gasteiger partial charge >= 0.3 is 0 Å². The molecule has 29 heavy (non-hydrogen) atoms. The van der Waals surface area contributed by atoms with Crippen molar-refractivity contribution in [1.82, 2.24) is 20.7 Å². The minimum absolute atomic E-state index is 0.301. The van der Waals surface area contributed by atoms with Gasteiger partial charge in [-0.15, -0.1) is 0 Å². The first kappa shape index (κ1) is 22.6. The summed E-state index contributed by atoms with van der Waals surface area (Å²) in [6, 6.07) is 15.9. The van der Waals surface area contributed by atoms with E-state index in [0.717, 1.165) is 5.56 Å². The van der Waals surface area contributed by atoms with Crippen molar-refractivity contribution in [3.63, 3.8) is 0 Å². The van der Waals surface area contributed by atoms with Crippen molar-refractivity contribution >= 4 is 11.8 Å². The van der Waals surface area contributed by atoms with Crippen molar-refractivity contribution in [2.45, 2.75) is 58.5 Å². The van der Waals surface area contributed by atoms with Gasteiger partial charge in [-0.3, -0.25) is 30.3 Å². The molecular formula is C23H32N4O2. The SMILES string of the molecule is CC(=O)NNC(=O)C(CCN(C(C)C)C(C)C)(c1ccccc1)c1ccccn1. The first-order valence-electron chi connectivity index (χ1n) is 10.1. The summed E-state index contributed by atoms with van der Waals surface area (Å²) in [5.41, 5.74) is 5.51. The molecule has 0 saturated heterocycles. The number of carbonyl (C=O) groups excluding carboxylic acids is 2. The Hall–Kier alpha value is -2.73. The zero-order valence-electron chi connectivity index (χ0n) is 18.0. The van der Waals surface area contributed by atoms with Crippen molar-refractivity contribution in [2.24, 2.45) is 0 Å². The molecule has 2 rings (SSSR count). The predicted molar refractivity (Wildman–Crippen MR) is 115 cm³/mol. The van der Waals surface area contributed by atoms with E-state index in [2.05, 4.69) is 48.4 Å². The van der Waals surface area contributed by atoms with Gasteiger partial charge in [0.2, 0.25) is 5.91 Å². The molecule has 6 heteroatoms. The number of pyridine rings is 1. The van der Waals surface area contributed by atoms with E-state index in [-0.39, 0.29) is 11.8 Å². The van der Waals surface area contributed by atoms with Crippen molar-refractivity contribution in [3.8, 4) is 0 Å². The van der Waals surface area contributed by atoms with Crippen LogP contribution >= 0.6 is 0 Å². The van der Waals surface area contributed by atoms with E-state index >= 15 is 0 Å². The lowest BCUT2D eigenvalue weighted by molar-refractivity contribution is -0.131. The fraction of sp³-hybridized carbons (Fsp3) is 0.435. The molecule has 1 unspecified atom stereocenters. The standard InChI is InChI=1S/C23H32N4O2/c1-17(2)27(18(3)4)16-14-23(20-11-7-6-8-12-20,21-13-9-10-15-24-21)22(29)26-25-19(5)28/h6-13,15,17-18H,14,16H2,1-5H3,(H,25,28)(H,26,29). The van der Waals surface area contributed by atoms with Crippen LogP contribution in [0, 0.1) is 0 Å². The van der Waals surface area contributed by atoms with Crippen LogP contribution in [-0.2, 0) is 15.0 Å². The van der Waals surface area contributed by atoms with Crippen LogP contribution < -0.4 is 10.9 Å². The molecule has 2 aromatic rings. The topological polar surface area (TPSA) is 74.3 Å². The lowest BCUT2D eigenvalue weighted by atomic mass is 9.73. The highest BCUT2D eigenvalue weighted by Gasteiger charge is 2.43. The average Bonchev–Trinajstić information content (AvgIpc) is 2.70. The third-order valence-electron chi connectivity index (χ3n) is 5.18. The summed E-state index contributed by atoms with van der Waals surface area (Å²) in [4.78, 5) is 31.9. The van der Waals surface area contributed by atoms with Gasteiger partial charge in [0.25, 0.3) is 5.91 Å². The molecule has 0 bridgehead atoms. The highest BCUT2D eigenvalue weighted by atomic mass is 16.2. The largest absolute Gasteiger partial charge is 0.298 e. The highest BCUT2D eigenvalue weighted by molar-refractivity contribution is 5.92. The number of hydrazine groups is 1. The van der Waals surface area contributed by atoms with E-state index in [1.807, 2.05) is 48.5 Å². The van der Waals surface area contributed by atoms with E-state index in [1.165, 1.54) is 6.92 Å². The third-order valence-corrected chi connectivity index (χ3v) is 5.18. The van der Waals surface area contributed by atoms with Gasteiger partial charge in [0.15, 0.2) is 0 Å². The van der Waals surface area contributed by atoms with Crippen LogP contribution in [-0.4, -0.2) is 40.3 Å². The van der Waals surface area contributed by atoms with E-state index in [4.69, 9.17) is 0 Å². The van der Waals surface area contributed by atoms with Crippen molar-refractivity contribution in [3.05, 3.63) is 66.0 Å². The van der Waals surface area contributed by atoms with E-state index in [9.17, 15) is 9.59 Å². The average molecular weight is 397 g/mol. The summed E-state index contributed by atoms with van der Waals surface area (Å²) >= 11 is 0. The van der Waals surface area contributed by atoms with Crippen LogP contribution in [0.4, 0.5) is 0 Å². The molecule has 1 aromatic heterocycles. The number of carbonyl (C=O) groups is 2. The minimum Gasteiger partial charge on any atom is -0.298 e. The second-order valence-corrected chi connectivity index (χ2v) is 7.80. The first-order valence-corrected chi connectivity index (χ1v) is 10.1. The first-order chi connectivity index (χ1) is 13.8. The molecule has 0 aliphatic heterocycles. The Labute approximate surface area is 173 Å². The zero-order chi connectivity index (χ0) is 21.4. The molecule has 0 aliphatic rings. The highest BCUT2D eigenvalue weighted by Crippen LogP contribution is 2.35. The Morgan fingerprint density at radius 1 is 0.966 bits per heavy atom. The second-order valence-electron chi connectivity index (χ2n) is 7.80. The number of hydrogen-bond donors (Lipinski definition) is 2. The summed E-state index contributed by atoms with van der Waals surface area (Å²) in [6.45, 7) is 10.7. The zero-order valence-corrected chi connectivity index (χ0v) is 18.0. The molecule has 0 aliphatic carbocycles. The molecule has 1 heterocycles. The molecule has 0 fully saturated rings. The van der Waals surface area contributed by atoms with Gasteiger partial charge in [-0.1, -0.05) is 36.4 Å². The van der Waals surface area contributed by atoms with Crippen molar-refractivity contribution < 1.29 is 9.59 Å². The van der Waals surface area contributed by atoms with Gasteiger partial charge in [0, 0.05) is 31.7 Å². The fourth-order valence-corrected chi connectivity index (χ4v) is 3.78. The van der Waals surface area contributed by atoms with E-state index in [0.29, 0.717) is 30.7 Å². The number of amides is 2. The number of benzene rings is 1. The predicted octanol–water partition coefficient (Wildman–Crippen LogP) is 3.04. The number of nitrogens with zero attached hydrogens (tertiary/aromatic N) is 2. The maximum atomic E-state index is 13.5. The molecule has 2 amide bonds. The molecule has 156 valence electrons. The molecule has 1 aromatic carbocycles. The van der Waals surface area contributed by atoms with Crippen LogP contribution in [0.5, 0.6) is 0 Å². The molecular weight excluding hydrogens is 364 g/mol. The summed E-state index contributed by atoms with van der Waals surface area (Å²) in [7, 11) is 0. The van der Waals surface area contributed by atoms with Gasteiger partial charge in [0.05, 0.1) is 5.69 Å². The van der Waals surface area contributed by atoms with Gasteiger partial charge in [-0.05, 0) is 51.8 Å². The number of nitrogens with one attached hydrogen (secondary N) is 2. The molecule has 6 nitrogen and oxygen atoms in total. The molecule has 0 saturated carbocycles. The van der Waals surface area contributed by atoms with Crippen LogP contribution in [0.15, 0.2) is 54.7 Å².